The molecule has 2 saturated heterocycles. The number of amides is 1. The van der Waals surface area contributed by atoms with Crippen molar-refractivity contribution < 1.29 is 9.53 Å². The molecule has 1 aromatic heterocycles. The number of nitrogens with two attached hydrogens (primary N) is 1. The van der Waals surface area contributed by atoms with Crippen LogP contribution < -0.4 is 10.5 Å². The molecule has 2 aromatic rings. The first-order chi connectivity index (χ1) is 14.2. The lowest BCUT2D eigenvalue weighted by molar-refractivity contribution is 0.0787. The van der Waals surface area contributed by atoms with Crippen LogP contribution in [0.3, 0.4) is 0 Å². The largest absolute Gasteiger partial charge is 0.490 e. The van der Waals surface area contributed by atoms with Gasteiger partial charge in [-0.2, -0.15) is 0 Å². The minimum Gasteiger partial charge on any atom is -0.490 e. The van der Waals surface area contributed by atoms with Gasteiger partial charge < -0.3 is 15.4 Å². The topological polar surface area (TPSA) is 71.7 Å². The molecule has 4 rings (SSSR count). The lowest BCUT2D eigenvalue weighted by Gasteiger charge is -2.31. The summed E-state index contributed by atoms with van der Waals surface area (Å²) in [6, 6.07) is 13.7. The van der Waals surface area contributed by atoms with Crippen LogP contribution in [0.25, 0.3) is 0 Å². The maximum Gasteiger partial charge on any atom is 0.253 e. The fourth-order valence-corrected chi connectivity index (χ4v) is 4.17. The molecule has 0 spiro atoms. The van der Waals surface area contributed by atoms with Gasteiger partial charge in [0.25, 0.3) is 5.91 Å². The lowest BCUT2D eigenvalue weighted by Crippen LogP contribution is -2.38. The molecule has 1 amide bonds. The highest BCUT2D eigenvalue weighted by Crippen LogP contribution is 2.22. The molecule has 2 N–H and O–H groups in total. The van der Waals surface area contributed by atoms with E-state index in [0.29, 0.717) is 12.5 Å². The van der Waals surface area contributed by atoms with Crippen molar-refractivity contribution in [1.29, 1.82) is 0 Å². The monoisotopic (exact) mass is 394 g/mol. The highest BCUT2D eigenvalue weighted by atomic mass is 16.5. The van der Waals surface area contributed by atoms with Gasteiger partial charge in [-0.25, -0.2) is 0 Å². The Balaban J connectivity index is 1.25. The highest BCUT2D eigenvalue weighted by molar-refractivity contribution is 5.94. The molecule has 1 unspecified atom stereocenters. The zero-order valence-electron chi connectivity index (χ0n) is 16.9. The Hall–Kier alpha value is -2.44. The number of benzene rings is 1. The molecule has 6 nitrogen and oxygen atoms in total. The molecule has 0 aliphatic carbocycles. The first-order valence-corrected chi connectivity index (χ1v) is 10.6. The van der Waals surface area contributed by atoms with Crippen molar-refractivity contribution in [2.75, 3.05) is 32.7 Å². The molecule has 2 fully saturated rings. The molecular formula is C23H30N4O2. The van der Waals surface area contributed by atoms with Crippen LogP contribution >= 0.6 is 0 Å². The van der Waals surface area contributed by atoms with E-state index in [1.165, 1.54) is 0 Å². The zero-order valence-corrected chi connectivity index (χ0v) is 16.9. The Bertz CT molecular complexity index is 788. The molecule has 6 heteroatoms. The predicted molar refractivity (Wildman–Crippen MR) is 113 cm³/mol. The highest BCUT2D eigenvalue weighted by Gasteiger charge is 2.26. The number of likely N-dealkylation sites (tertiary alicyclic amines) is 2. The Morgan fingerprint density at radius 2 is 1.86 bits per heavy atom. The summed E-state index contributed by atoms with van der Waals surface area (Å²) < 4.78 is 6.16. The standard InChI is InChI=1S/C23H30N4O2/c24-15-18-8-14-27(16-18)23(28)19-4-6-21(7-5-19)29-22-9-12-26(13-10-22)17-20-3-1-2-11-25-20/h1-7,11,18,22H,8-10,12-17,24H2. The molecule has 0 saturated carbocycles. The average molecular weight is 395 g/mol. The number of carbonyl (C=O) groups excluding carboxylic acids is 1. The van der Waals surface area contributed by atoms with Crippen molar-refractivity contribution >= 4 is 5.91 Å². The van der Waals surface area contributed by atoms with E-state index in [2.05, 4.69) is 16.0 Å². The second-order valence-electron chi connectivity index (χ2n) is 8.08. The molecule has 154 valence electrons. The maximum atomic E-state index is 12.6. The number of nitrogens with zero attached hydrogens (tertiary/aromatic N) is 3. The number of pyridine rings is 1. The fraction of sp³-hybridized carbons (Fsp3) is 0.478. The minimum absolute atomic E-state index is 0.0929. The van der Waals surface area contributed by atoms with Gasteiger partial charge in [0, 0.05) is 44.5 Å². The summed E-state index contributed by atoms with van der Waals surface area (Å²) in [5.74, 6) is 1.37. The summed E-state index contributed by atoms with van der Waals surface area (Å²) in [6.45, 7) is 5.13. The van der Waals surface area contributed by atoms with Gasteiger partial charge in [0.05, 0.1) is 5.69 Å². The van der Waals surface area contributed by atoms with Crippen LogP contribution in [0.2, 0.25) is 0 Å². The molecule has 29 heavy (non-hydrogen) atoms. The summed E-state index contributed by atoms with van der Waals surface area (Å²) in [5.41, 5.74) is 7.57. The molecule has 0 radical (unpaired) electrons. The smallest absolute Gasteiger partial charge is 0.253 e. The molecule has 1 aromatic carbocycles. The first kappa shape index (κ1) is 19.9. The van der Waals surface area contributed by atoms with E-state index in [-0.39, 0.29) is 12.0 Å². The third-order valence-electron chi connectivity index (χ3n) is 5.96. The van der Waals surface area contributed by atoms with Crippen LogP contribution in [0, 0.1) is 5.92 Å². The Morgan fingerprint density at radius 1 is 1.07 bits per heavy atom. The van der Waals surface area contributed by atoms with E-state index in [0.717, 1.165) is 69.0 Å². The Morgan fingerprint density at radius 3 is 2.52 bits per heavy atom. The van der Waals surface area contributed by atoms with E-state index in [1.807, 2.05) is 47.5 Å². The van der Waals surface area contributed by atoms with Gasteiger partial charge in [0.15, 0.2) is 0 Å². The number of aromatic nitrogens is 1. The minimum atomic E-state index is 0.0929. The Kier molecular flexibility index (Phi) is 6.42. The van der Waals surface area contributed by atoms with Gasteiger partial charge in [-0.05, 0) is 68.1 Å². The number of hydrogen-bond acceptors (Lipinski definition) is 5. The van der Waals surface area contributed by atoms with Crippen molar-refractivity contribution in [3.8, 4) is 5.75 Å². The van der Waals surface area contributed by atoms with Crippen molar-refractivity contribution in [2.24, 2.45) is 11.7 Å². The number of hydrogen-bond donors (Lipinski definition) is 1. The van der Waals surface area contributed by atoms with Crippen molar-refractivity contribution in [1.82, 2.24) is 14.8 Å². The van der Waals surface area contributed by atoms with E-state index in [4.69, 9.17) is 10.5 Å². The van der Waals surface area contributed by atoms with E-state index < -0.39 is 0 Å². The number of piperidine rings is 1. The quantitative estimate of drug-likeness (QED) is 0.815. The molecule has 2 aliphatic rings. The van der Waals surface area contributed by atoms with Crippen LogP contribution in [0.1, 0.15) is 35.3 Å². The van der Waals surface area contributed by atoms with Gasteiger partial charge in [-0.15, -0.1) is 0 Å². The van der Waals surface area contributed by atoms with Crippen LogP contribution in [-0.4, -0.2) is 59.5 Å². The van der Waals surface area contributed by atoms with E-state index in [1.54, 1.807) is 0 Å². The molecule has 1 atom stereocenters. The molecule has 2 aliphatic heterocycles. The first-order valence-electron chi connectivity index (χ1n) is 10.6. The van der Waals surface area contributed by atoms with E-state index in [9.17, 15) is 4.79 Å². The van der Waals surface area contributed by atoms with E-state index >= 15 is 0 Å². The lowest BCUT2D eigenvalue weighted by atomic mass is 10.1. The van der Waals surface area contributed by atoms with Gasteiger partial charge >= 0.3 is 0 Å². The zero-order chi connectivity index (χ0) is 20.1. The Labute approximate surface area is 172 Å². The molecule has 0 bridgehead atoms. The normalized spacial score (nSPS) is 20.7. The summed E-state index contributed by atoms with van der Waals surface area (Å²) >= 11 is 0. The third-order valence-corrected chi connectivity index (χ3v) is 5.96. The van der Waals surface area contributed by atoms with Gasteiger partial charge in [0.1, 0.15) is 11.9 Å². The number of rotatable bonds is 6. The second-order valence-corrected chi connectivity index (χ2v) is 8.08. The van der Waals surface area contributed by atoms with Crippen LogP contribution in [0.4, 0.5) is 0 Å². The predicted octanol–water partition coefficient (Wildman–Crippen LogP) is 2.55. The van der Waals surface area contributed by atoms with Gasteiger partial charge in [-0.1, -0.05) is 6.07 Å². The summed E-state index contributed by atoms with van der Waals surface area (Å²) in [7, 11) is 0. The SMILES string of the molecule is NCC1CCN(C(=O)c2ccc(OC3CCN(Cc4ccccn4)CC3)cc2)C1. The molecule has 3 heterocycles. The van der Waals surface area contributed by atoms with Gasteiger partial charge in [0.2, 0.25) is 0 Å². The summed E-state index contributed by atoms with van der Waals surface area (Å²) in [4.78, 5) is 21.4. The third kappa shape index (κ3) is 5.14. The molecular weight excluding hydrogens is 364 g/mol. The van der Waals surface area contributed by atoms with Crippen molar-refractivity contribution in [3.05, 3.63) is 59.9 Å². The fourth-order valence-electron chi connectivity index (χ4n) is 4.17. The van der Waals surface area contributed by atoms with Crippen LogP contribution in [-0.2, 0) is 6.54 Å². The maximum absolute atomic E-state index is 12.6. The summed E-state index contributed by atoms with van der Waals surface area (Å²) in [5, 5.41) is 0. The van der Waals surface area contributed by atoms with Crippen molar-refractivity contribution in [2.45, 2.75) is 31.9 Å². The number of carbonyl (C=O) groups is 1. The average Bonchev–Trinajstić information content (AvgIpc) is 3.25. The van der Waals surface area contributed by atoms with Gasteiger partial charge in [-0.3, -0.25) is 14.7 Å². The van der Waals surface area contributed by atoms with Crippen LogP contribution in [0.5, 0.6) is 5.75 Å². The number of ether oxygens (including phenoxy) is 1. The van der Waals surface area contributed by atoms with Crippen LogP contribution in [0.15, 0.2) is 48.7 Å². The summed E-state index contributed by atoms with van der Waals surface area (Å²) in [6.07, 6.45) is 5.08. The van der Waals surface area contributed by atoms with Crippen molar-refractivity contribution in [3.63, 3.8) is 0 Å². The second kappa shape index (κ2) is 9.37.